The van der Waals surface area contributed by atoms with E-state index in [1.165, 1.54) is 10.6 Å². The third-order valence-electron chi connectivity index (χ3n) is 7.69. The molecule has 0 saturated carbocycles. The smallest absolute Gasteiger partial charge is 0.243 e. The van der Waals surface area contributed by atoms with Crippen molar-refractivity contribution >= 4 is 27.5 Å². The average Bonchev–Trinajstić information content (AvgIpc) is 2.98. The maximum absolute atomic E-state index is 14.0. The number of aryl methyl sites for hydroxylation is 2. The number of methoxy groups -OCH3 is 1. The van der Waals surface area contributed by atoms with Crippen molar-refractivity contribution in [2.45, 2.75) is 72.0 Å². The normalized spacial score (nSPS) is 12.7. The Hall–Kier alpha value is -3.85. The van der Waals surface area contributed by atoms with Crippen LogP contribution in [-0.4, -0.2) is 57.1 Å². The van der Waals surface area contributed by atoms with Gasteiger partial charge in [-0.25, -0.2) is 8.42 Å². The van der Waals surface area contributed by atoms with Gasteiger partial charge in [0.15, 0.2) is 0 Å². The van der Waals surface area contributed by atoms with Crippen LogP contribution in [0.5, 0.6) is 5.75 Å². The third-order valence-corrected chi connectivity index (χ3v) is 8.88. The molecule has 0 bridgehead atoms. The van der Waals surface area contributed by atoms with Crippen LogP contribution in [0.4, 0.5) is 5.69 Å². The number of amides is 2. The Bertz CT molecular complexity index is 1480. The van der Waals surface area contributed by atoms with Gasteiger partial charge >= 0.3 is 0 Å². The second kappa shape index (κ2) is 15.6. The Balaban J connectivity index is 1.91. The number of carbonyl (C=O) groups is 2. The molecule has 2 amide bonds. The SMILES string of the molecule is CC[C@H](C)NC(=O)[C@H](Cc1ccccc1)N(Cc1cccc(OC)c1)C(=O)CCCN(c1ccc(C)c(C)c1)S(C)(=O)=O. The van der Waals surface area contributed by atoms with Crippen LogP contribution in [0.25, 0.3) is 0 Å². The highest BCUT2D eigenvalue weighted by atomic mass is 32.2. The average molecular weight is 608 g/mol. The van der Waals surface area contributed by atoms with Gasteiger partial charge in [0.2, 0.25) is 21.8 Å². The molecule has 0 aliphatic heterocycles. The second-order valence-corrected chi connectivity index (χ2v) is 13.0. The number of anilines is 1. The van der Waals surface area contributed by atoms with Gasteiger partial charge in [0.1, 0.15) is 11.8 Å². The molecule has 2 atom stereocenters. The summed E-state index contributed by atoms with van der Waals surface area (Å²) in [5, 5.41) is 3.07. The van der Waals surface area contributed by atoms with Gasteiger partial charge in [-0.3, -0.25) is 13.9 Å². The molecule has 232 valence electrons. The number of hydrogen-bond acceptors (Lipinski definition) is 5. The van der Waals surface area contributed by atoms with Crippen molar-refractivity contribution in [3.8, 4) is 5.75 Å². The van der Waals surface area contributed by atoms with Crippen molar-refractivity contribution in [2.24, 2.45) is 0 Å². The first kappa shape index (κ1) is 33.6. The summed E-state index contributed by atoms with van der Waals surface area (Å²) in [6, 6.07) is 21.8. The largest absolute Gasteiger partial charge is 0.497 e. The van der Waals surface area contributed by atoms with Gasteiger partial charge in [0.05, 0.1) is 19.1 Å². The van der Waals surface area contributed by atoms with Crippen molar-refractivity contribution in [1.82, 2.24) is 10.2 Å². The maximum Gasteiger partial charge on any atom is 0.243 e. The number of sulfonamides is 1. The van der Waals surface area contributed by atoms with E-state index in [4.69, 9.17) is 4.74 Å². The van der Waals surface area contributed by atoms with Gasteiger partial charge in [-0.05, 0) is 80.1 Å². The van der Waals surface area contributed by atoms with E-state index in [1.54, 1.807) is 18.1 Å². The lowest BCUT2D eigenvalue weighted by atomic mass is 10.0. The number of hydrogen-bond donors (Lipinski definition) is 1. The minimum Gasteiger partial charge on any atom is -0.497 e. The fourth-order valence-electron chi connectivity index (χ4n) is 4.85. The van der Waals surface area contributed by atoms with Crippen molar-refractivity contribution in [1.29, 1.82) is 0 Å². The molecule has 3 aromatic carbocycles. The molecule has 0 aliphatic carbocycles. The monoisotopic (exact) mass is 607 g/mol. The molecule has 3 aromatic rings. The number of benzene rings is 3. The molecular formula is C34H45N3O5S. The predicted octanol–water partition coefficient (Wildman–Crippen LogP) is 5.41. The lowest BCUT2D eigenvalue weighted by Gasteiger charge is -2.33. The second-order valence-electron chi connectivity index (χ2n) is 11.1. The zero-order valence-corrected chi connectivity index (χ0v) is 27.0. The fourth-order valence-corrected chi connectivity index (χ4v) is 5.80. The topological polar surface area (TPSA) is 96.0 Å². The summed E-state index contributed by atoms with van der Waals surface area (Å²) in [6.45, 7) is 8.20. The summed E-state index contributed by atoms with van der Waals surface area (Å²) in [5.74, 6) is 0.213. The molecule has 0 unspecified atom stereocenters. The first-order valence-corrected chi connectivity index (χ1v) is 16.6. The Labute approximate surface area is 257 Å². The number of carbonyl (C=O) groups excluding carboxylic acids is 2. The van der Waals surface area contributed by atoms with Crippen molar-refractivity contribution < 1.29 is 22.7 Å². The van der Waals surface area contributed by atoms with E-state index in [0.29, 0.717) is 24.3 Å². The van der Waals surface area contributed by atoms with Crippen molar-refractivity contribution in [3.05, 3.63) is 95.1 Å². The summed E-state index contributed by atoms with van der Waals surface area (Å²) in [6.07, 6.45) is 2.64. The van der Waals surface area contributed by atoms with Crippen molar-refractivity contribution in [2.75, 3.05) is 24.2 Å². The Morgan fingerprint density at radius 2 is 1.63 bits per heavy atom. The van der Waals surface area contributed by atoms with Crippen molar-refractivity contribution in [3.63, 3.8) is 0 Å². The molecule has 8 nitrogen and oxygen atoms in total. The molecule has 43 heavy (non-hydrogen) atoms. The Morgan fingerprint density at radius 1 is 0.930 bits per heavy atom. The van der Waals surface area contributed by atoms with Crippen LogP contribution in [0.3, 0.4) is 0 Å². The quantitative estimate of drug-likeness (QED) is 0.249. The first-order chi connectivity index (χ1) is 20.4. The van der Waals surface area contributed by atoms with Crippen LogP contribution in [0, 0.1) is 13.8 Å². The lowest BCUT2D eigenvalue weighted by Crippen LogP contribution is -2.52. The zero-order chi connectivity index (χ0) is 31.6. The van der Waals surface area contributed by atoms with Crippen LogP contribution in [-0.2, 0) is 32.6 Å². The lowest BCUT2D eigenvalue weighted by molar-refractivity contribution is -0.141. The van der Waals surface area contributed by atoms with E-state index >= 15 is 0 Å². The van der Waals surface area contributed by atoms with E-state index in [-0.39, 0.29) is 37.4 Å². The molecule has 3 rings (SSSR count). The van der Waals surface area contributed by atoms with Gasteiger partial charge < -0.3 is 15.0 Å². The van der Waals surface area contributed by atoms with Gasteiger partial charge in [-0.1, -0.05) is 55.5 Å². The Kier molecular flexibility index (Phi) is 12.2. The van der Waals surface area contributed by atoms with Crippen LogP contribution >= 0.6 is 0 Å². The van der Waals surface area contributed by atoms with Crippen LogP contribution < -0.4 is 14.4 Å². The number of ether oxygens (including phenoxy) is 1. The van der Waals surface area contributed by atoms with Gasteiger partial charge in [-0.2, -0.15) is 0 Å². The van der Waals surface area contributed by atoms with E-state index in [0.717, 1.165) is 28.7 Å². The molecule has 1 N–H and O–H groups in total. The molecule has 0 radical (unpaired) electrons. The Morgan fingerprint density at radius 3 is 2.26 bits per heavy atom. The zero-order valence-electron chi connectivity index (χ0n) is 26.2. The number of nitrogens with zero attached hydrogens (tertiary/aromatic N) is 2. The minimum atomic E-state index is -3.58. The highest BCUT2D eigenvalue weighted by Gasteiger charge is 2.31. The van der Waals surface area contributed by atoms with Gasteiger partial charge in [0, 0.05) is 32.0 Å². The third kappa shape index (κ3) is 9.85. The van der Waals surface area contributed by atoms with E-state index in [9.17, 15) is 18.0 Å². The fraction of sp³-hybridized carbons (Fsp3) is 0.412. The molecule has 9 heteroatoms. The summed E-state index contributed by atoms with van der Waals surface area (Å²) >= 11 is 0. The number of nitrogens with one attached hydrogen (secondary N) is 1. The van der Waals surface area contributed by atoms with E-state index in [1.807, 2.05) is 94.4 Å². The summed E-state index contributed by atoms with van der Waals surface area (Å²) in [7, 11) is -1.99. The molecule has 0 aromatic heterocycles. The molecule has 0 aliphatic rings. The molecule has 0 saturated heterocycles. The first-order valence-electron chi connectivity index (χ1n) is 14.7. The van der Waals surface area contributed by atoms with E-state index < -0.39 is 16.1 Å². The summed E-state index contributed by atoms with van der Waals surface area (Å²) < 4.78 is 32.2. The number of rotatable bonds is 15. The standard InChI is InChI=1S/C34H45N3O5S/c1-7-27(4)35-34(39)32(23-28-13-9-8-10-14-28)36(24-29-15-11-16-31(22-29)42-5)33(38)17-12-20-37(43(6,40)41)30-19-18-25(2)26(3)21-30/h8-11,13-16,18-19,21-22,27,32H,7,12,17,20,23-24H2,1-6H3,(H,35,39)/t27-,32-/m0/s1. The van der Waals surface area contributed by atoms with Gasteiger partial charge in [0.25, 0.3) is 0 Å². The minimum absolute atomic E-state index is 0.0548. The van der Waals surface area contributed by atoms with Gasteiger partial charge in [-0.15, -0.1) is 0 Å². The van der Waals surface area contributed by atoms with Crippen LogP contribution in [0.1, 0.15) is 55.4 Å². The van der Waals surface area contributed by atoms with E-state index in [2.05, 4.69) is 5.32 Å². The highest BCUT2D eigenvalue weighted by molar-refractivity contribution is 7.92. The summed E-state index contributed by atoms with van der Waals surface area (Å²) in [4.78, 5) is 29.3. The van der Waals surface area contributed by atoms with Crippen LogP contribution in [0.2, 0.25) is 0 Å². The molecule has 0 heterocycles. The summed E-state index contributed by atoms with van der Waals surface area (Å²) in [5.41, 5.74) is 4.40. The van der Waals surface area contributed by atoms with Crippen LogP contribution in [0.15, 0.2) is 72.8 Å². The molecule has 0 fully saturated rings. The molecule has 0 spiro atoms. The predicted molar refractivity (Wildman–Crippen MR) is 173 cm³/mol. The molecular weight excluding hydrogens is 562 g/mol. The maximum atomic E-state index is 14.0. The highest BCUT2D eigenvalue weighted by Crippen LogP contribution is 2.23.